The Kier molecular flexibility index (Phi) is 4.97. The van der Waals surface area contributed by atoms with Gasteiger partial charge in [0.1, 0.15) is 0 Å². The molecule has 1 unspecified atom stereocenters. The third-order valence-electron chi connectivity index (χ3n) is 2.12. The molecule has 0 heterocycles. The molecule has 1 heteroatoms. The second-order valence-corrected chi connectivity index (χ2v) is 4.57. The largest absolute Gasteiger partial charge is 0.266 e. The highest BCUT2D eigenvalue weighted by Gasteiger charge is 2.16. The molecule has 76 valence electrons. The molecular weight excluding hydrogens is 158 g/mol. The van der Waals surface area contributed by atoms with Crippen LogP contribution in [0.3, 0.4) is 0 Å². The maximum absolute atomic E-state index is 4.42. The fourth-order valence-electron chi connectivity index (χ4n) is 1.01. The maximum Gasteiger partial charge on any atom is 0.0415 e. The molecule has 0 aromatic rings. The fourth-order valence-corrected chi connectivity index (χ4v) is 1.01. The van der Waals surface area contributed by atoms with Gasteiger partial charge in [-0.3, -0.25) is 4.99 Å². The van der Waals surface area contributed by atoms with Crippen molar-refractivity contribution in [2.24, 2.45) is 16.3 Å². The Morgan fingerprint density at radius 3 is 2.23 bits per heavy atom. The first-order valence-corrected chi connectivity index (χ1v) is 5.12. The molecule has 0 saturated heterocycles. The lowest BCUT2D eigenvalue weighted by molar-refractivity contribution is 0.489. The van der Waals surface area contributed by atoms with Crippen LogP contribution in [0.2, 0.25) is 0 Å². The Bertz CT molecular complexity index is 194. The summed E-state index contributed by atoms with van der Waals surface area (Å²) < 4.78 is 0. The van der Waals surface area contributed by atoms with E-state index < -0.39 is 0 Å². The van der Waals surface area contributed by atoms with Crippen LogP contribution in [0.15, 0.2) is 16.8 Å². The fraction of sp³-hybridized carbons (Fsp3) is 0.750. The van der Waals surface area contributed by atoms with E-state index in [0.29, 0.717) is 5.92 Å². The lowest BCUT2D eigenvalue weighted by Gasteiger charge is -2.20. The van der Waals surface area contributed by atoms with Crippen LogP contribution >= 0.6 is 0 Å². The summed E-state index contributed by atoms with van der Waals surface area (Å²) in [5.74, 6) is 0.623. The Labute approximate surface area is 83.0 Å². The lowest BCUT2D eigenvalue weighted by Crippen LogP contribution is -2.09. The van der Waals surface area contributed by atoms with Gasteiger partial charge in [0, 0.05) is 17.3 Å². The predicted molar refractivity (Wildman–Crippen MR) is 61.2 cm³/mol. The highest BCUT2D eigenvalue weighted by Crippen LogP contribution is 2.27. The monoisotopic (exact) mass is 181 g/mol. The quantitative estimate of drug-likeness (QED) is 0.582. The molecule has 0 rings (SSSR count). The minimum Gasteiger partial charge on any atom is -0.266 e. The van der Waals surface area contributed by atoms with E-state index in [0.717, 1.165) is 0 Å². The summed E-state index contributed by atoms with van der Waals surface area (Å²) in [7, 11) is 0. The van der Waals surface area contributed by atoms with Crippen molar-refractivity contribution in [2.75, 3.05) is 0 Å². The lowest BCUT2D eigenvalue weighted by atomic mass is 9.89. The normalized spacial score (nSPS) is 16.6. The zero-order valence-electron chi connectivity index (χ0n) is 9.89. The van der Waals surface area contributed by atoms with Crippen LogP contribution in [0.1, 0.15) is 48.0 Å². The summed E-state index contributed by atoms with van der Waals surface area (Å²) in [6, 6.07) is 0. The van der Waals surface area contributed by atoms with Gasteiger partial charge in [0.2, 0.25) is 0 Å². The molecule has 0 bridgehead atoms. The Balaban J connectivity index is 4.70. The minimum atomic E-state index is 0.163. The van der Waals surface area contributed by atoms with Crippen molar-refractivity contribution < 1.29 is 0 Å². The molecule has 0 radical (unpaired) electrons. The van der Waals surface area contributed by atoms with Crippen molar-refractivity contribution in [2.45, 2.75) is 48.0 Å². The molecule has 0 aliphatic rings. The average molecular weight is 181 g/mol. The van der Waals surface area contributed by atoms with Crippen molar-refractivity contribution in [3.05, 3.63) is 11.8 Å². The first-order valence-electron chi connectivity index (χ1n) is 5.12. The maximum atomic E-state index is 4.42. The summed E-state index contributed by atoms with van der Waals surface area (Å²) in [5, 5.41) is 0. The van der Waals surface area contributed by atoms with Crippen LogP contribution in [0.25, 0.3) is 0 Å². The van der Waals surface area contributed by atoms with Gasteiger partial charge in [-0.25, -0.2) is 0 Å². The third-order valence-corrected chi connectivity index (χ3v) is 2.12. The minimum absolute atomic E-state index is 0.163. The summed E-state index contributed by atoms with van der Waals surface area (Å²) in [5.41, 5.74) is 1.36. The molecule has 0 aliphatic heterocycles. The van der Waals surface area contributed by atoms with Gasteiger partial charge in [-0.2, -0.15) is 0 Å². The van der Waals surface area contributed by atoms with Crippen molar-refractivity contribution >= 4 is 6.21 Å². The van der Waals surface area contributed by atoms with Gasteiger partial charge >= 0.3 is 0 Å². The van der Waals surface area contributed by atoms with Crippen LogP contribution in [0.4, 0.5) is 0 Å². The molecule has 0 spiro atoms. The summed E-state index contributed by atoms with van der Waals surface area (Å²) >= 11 is 0. The van der Waals surface area contributed by atoms with E-state index in [1.54, 1.807) is 0 Å². The highest BCUT2D eigenvalue weighted by atomic mass is 14.7. The van der Waals surface area contributed by atoms with Crippen LogP contribution in [0, 0.1) is 11.3 Å². The molecule has 0 aromatic heterocycles. The standard InChI is InChI=1S/C12H23N/c1-7-10(3)9-11(13-8-2)12(4,5)6/h8-10H,7H2,1-6H3/b11-9-,13-8?. The van der Waals surface area contributed by atoms with E-state index in [1.165, 1.54) is 12.1 Å². The molecule has 13 heavy (non-hydrogen) atoms. The van der Waals surface area contributed by atoms with Gasteiger partial charge in [0.05, 0.1) is 0 Å². The van der Waals surface area contributed by atoms with Gasteiger partial charge in [-0.1, -0.05) is 47.1 Å². The van der Waals surface area contributed by atoms with E-state index in [9.17, 15) is 0 Å². The zero-order chi connectivity index (χ0) is 10.5. The second-order valence-electron chi connectivity index (χ2n) is 4.57. The third kappa shape index (κ3) is 4.87. The molecule has 1 atom stereocenters. The van der Waals surface area contributed by atoms with E-state index >= 15 is 0 Å². The smallest absolute Gasteiger partial charge is 0.0415 e. The molecular formula is C12H23N. The Morgan fingerprint density at radius 2 is 1.92 bits per heavy atom. The molecule has 0 fully saturated rings. The molecule has 0 aromatic carbocycles. The summed E-state index contributed by atoms with van der Waals surface area (Å²) in [4.78, 5) is 4.42. The molecule has 0 N–H and O–H groups in total. The van der Waals surface area contributed by atoms with Crippen LogP contribution in [-0.2, 0) is 0 Å². The zero-order valence-corrected chi connectivity index (χ0v) is 9.89. The number of hydrogen-bond donors (Lipinski definition) is 0. The van der Waals surface area contributed by atoms with Crippen LogP contribution in [0.5, 0.6) is 0 Å². The number of nitrogens with zero attached hydrogens (tertiary/aromatic N) is 1. The van der Waals surface area contributed by atoms with Crippen molar-refractivity contribution in [3.63, 3.8) is 0 Å². The molecule has 1 nitrogen and oxygen atoms in total. The number of rotatable bonds is 3. The first-order chi connectivity index (χ1) is 5.91. The topological polar surface area (TPSA) is 12.4 Å². The number of aliphatic imine (C=N–C) groups is 1. The van der Waals surface area contributed by atoms with E-state index in [-0.39, 0.29) is 5.41 Å². The van der Waals surface area contributed by atoms with Crippen molar-refractivity contribution in [1.29, 1.82) is 0 Å². The van der Waals surface area contributed by atoms with Gasteiger partial charge in [-0.05, 0) is 12.8 Å². The van der Waals surface area contributed by atoms with Gasteiger partial charge in [-0.15, -0.1) is 0 Å². The predicted octanol–water partition coefficient (Wildman–Crippen LogP) is 4.05. The highest BCUT2D eigenvalue weighted by molar-refractivity contribution is 5.55. The molecule has 0 saturated carbocycles. The Hall–Kier alpha value is -0.590. The first kappa shape index (κ1) is 12.4. The summed E-state index contributed by atoms with van der Waals surface area (Å²) in [6.07, 6.45) is 5.33. The van der Waals surface area contributed by atoms with Crippen molar-refractivity contribution in [1.82, 2.24) is 0 Å². The summed E-state index contributed by atoms with van der Waals surface area (Å²) in [6.45, 7) is 13.0. The van der Waals surface area contributed by atoms with Gasteiger partial charge in [0.25, 0.3) is 0 Å². The van der Waals surface area contributed by atoms with Gasteiger partial charge < -0.3 is 0 Å². The van der Waals surface area contributed by atoms with Crippen LogP contribution < -0.4 is 0 Å². The SMILES string of the molecule is CC=N/C(=C\C(C)CC)C(C)(C)C. The second kappa shape index (κ2) is 5.21. The Morgan fingerprint density at radius 1 is 1.38 bits per heavy atom. The number of hydrogen-bond acceptors (Lipinski definition) is 1. The van der Waals surface area contributed by atoms with E-state index in [2.05, 4.69) is 45.7 Å². The van der Waals surface area contributed by atoms with Gasteiger partial charge in [0.15, 0.2) is 0 Å². The van der Waals surface area contributed by atoms with Crippen molar-refractivity contribution in [3.8, 4) is 0 Å². The molecule has 0 amide bonds. The van der Waals surface area contributed by atoms with E-state index in [1.807, 2.05) is 13.1 Å². The number of allylic oxidation sites excluding steroid dienone is 2. The van der Waals surface area contributed by atoms with Crippen LogP contribution in [-0.4, -0.2) is 6.21 Å². The molecule has 0 aliphatic carbocycles. The van der Waals surface area contributed by atoms with E-state index in [4.69, 9.17) is 0 Å². The average Bonchev–Trinajstić information content (AvgIpc) is 2.01.